The molecule has 0 saturated heterocycles. The zero-order valence-corrected chi connectivity index (χ0v) is 12.7. The smallest absolute Gasteiger partial charge is 0.141 e. The van der Waals surface area contributed by atoms with Crippen LogP contribution in [0.1, 0.15) is 17.2 Å². The van der Waals surface area contributed by atoms with Crippen molar-refractivity contribution in [1.82, 2.24) is 0 Å². The molecule has 0 amide bonds. The van der Waals surface area contributed by atoms with Crippen LogP contribution in [0.25, 0.3) is 0 Å². The molecule has 0 heterocycles. The Morgan fingerprint density at radius 2 is 1.76 bits per heavy atom. The molecule has 2 aromatic rings. The van der Waals surface area contributed by atoms with Gasteiger partial charge in [-0.2, -0.15) is 0 Å². The first-order valence-electron chi connectivity index (χ1n) is 6.93. The SMILES string of the molecule is COc1ccc(C(CN)Nc2ccccc2OC)cc1C. The van der Waals surface area contributed by atoms with E-state index in [9.17, 15) is 0 Å². The number of rotatable bonds is 6. The first-order chi connectivity index (χ1) is 10.2. The molecule has 4 heteroatoms. The Bertz CT molecular complexity index is 599. The second-order valence-corrected chi connectivity index (χ2v) is 4.86. The van der Waals surface area contributed by atoms with Gasteiger partial charge in [-0.1, -0.05) is 24.3 Å². The molecule has 0 radical (unpaired) electrons. The molecular formula is C17H22N2O2. The molecule has 0 aliphatic rings. The molecule has 2 aromatic carbocycles. The fourth-order valence-corrected chi connectivity index (χ4v) is 2.35. The summed E-state index contributed by atoms with van der Waals surface area (Å²) in [5.41, 5.74) is 9.08. The third-order valence-corrected chi connectivity index (χ3v) is 3.49. The highest BCUT2D eigenvalue weighted by molar-refractivity contribution is 5.57. The van der Waals surface area contributed by atoms with Crippen molar-refractivity contribution < 1.29 is 9.47 Å². The van der Waals surface area contributed by atoms with E-state index in [1.165, 1.54) is 0 Å². The van der Waals surface area contributed by atoms with Gasteiger partial charge in [-0.3, -0.25) is 0 Å². The summed E-state index contributed by atoms with van der Waals surface area (Å²) in [6, 6.07) is 13.9. The average Bonchev–Trinajstić information content (AvgIpc) is 2.52. The van der Waals surface area contributed by atoms with Crippen molar-refractivity contribution in [3.63, 3.8) is 0 Å². The highest BCUT2D eigenvalue weighted by Crippen LogP contribution is 2.29. The maximum Gasteiger partial charge on any atom is 0.141 e. The molecule has 4 nitrogen and oxygen atoms in total. The topological polar surface area (TPSA) is 56.5 Å². The van der Waals surface area contributed by atoms with Gasteiger partial charge in [0, 0.05) is 6.54 Å². The highest BCUT2D eigenvalue weighted by Gasteiger charge is 2.13. The molecule has 0 fully saturated rings. The largest absolute Gasteiger partial charge is 0.496 e. The minimum Gasteiger partial charge on any atom is -0.496 e. The number of methoxy groups -OCH3 is 2. The predicted octanol–water partition coefficient (Wildman–Crippen LogP) is 3.12. The van der Waals surface area contributed by atoms with Crippen molar-refractivity contribution in [3.05, 3.63) is 53.6 Å². The normalized spacial score (nSPS) is 11.8. The molecule has 0 saturated carbocycles. The van der Waals surface area contributed by atoms with Gasteiger partial charge in [0.15, 0.2) is 0 Å². The minimum absolute atomic E-state index is 0.0194. The fraction of sp³-hybridized carbons (Fsp3) is 0.294. The van der Waals surface area contributed by atoms with Gasteiger partial charge in [0.05, 0.1) is 25.9 Å². The summed E-state index contributed by atoms with van der Waals surface area (Å²) in [6.45, 7) is 2.52. The van der Waals surface area contributed by atoms with Gasteiger partial charge >= 0.3 is 0 Å². The van der Waals surface area contributed by atoms with Crippen LogP contribution in [0.3, 0.4) is 0 Å². The van der Waals surface area contributed by atoms with E-state index in [1.54, 1.807) is 14.2 Å². The van der Waals surface area contributed by atoms with E-state index in [2.05, 4.69) is 11.4 Å². The zero-order chi connectivity index (χ0) is 15.2. The lowest BCUT2D eigenvalue weighted by Crippen LogP contribution is -2.21. The second-order valence-electron chi connectivity index (χ2n) is 4.86. The molecule has 2 rings (SSSR count). The third-order valence-electron chi connectivity index (χ3n) is 3.49. The second kappa shape index (κ2) is 6.99. The van der Waals surface area contributed by atoms with Crippen molar-refractivity contribution in [2.45, 2.75) is 13.0 Å². The van der Waals surface area contributed by atoms with Crippen molar-refractivity contribution in [2.24, 2.45) is 5.73 Å². The Morgan fingerprint density at radius 1 is 1.05 bits per heavy atom. The van der Waals surface area contributed by atoms with Crippen molar-refractivity contribution in [3.8, 4) is 11.5 Å². The molecule has 0 spiro atoms. The van der Waals surface area contributed by atoms with Gasteiger partial charge in [0.25, 0.3) is 0 Å². The summed E-state index contributed by atoms with van der Waals surface area (Å²) in [5.74, 6) is 1.69. The summed E-state index contributed by atoms with van der Waals surface area (Å²) in [6.07, 6.45) is 0. The van der Waals surface area contributed by atoms with Crippen molar-refractivity contribution >= 4 is 5.69 Å². The Hall–Kier alpha value is -2.20. The van der Waals surface area contributed by atoms with Gasteiger partial charge in [-0.05, 0) is 36.2 Å². The Balaban J connectivity index is 2.25. The van der Waals surface area contributed by atoms with Crippen LogP contribution in [0.5, 0.6) is 11.5 Å². The number of nitrogens with one attached hydrogen (secondary N) is 1. The van der Waals surface area contributed by atoms with Gasteiger partial charge in [0.2, 0.25) is 0 Å². The summed E-state index contributed by atoms with van der Waals surface area (Å²) in [4.78, 5) is 0. The molecule has 3 N–H and O–H groups in total. The number of hydrogen-bond acceptors (Lipinski definition) is 4. The summed E-state index contributed by atoms with van der Waals surface area (Å²) < 4.78 is 10.7. The molecule has 0 aliphatic carbocycles. The van der Waals surface area contributed by atoms with Crippen LogP contribution in [0, 0.1) is 6.92 Å². The van der Waals surface area contributed by atoms with Crippen molar-refractivity contribution in [2.75, 3.05) is 26.1 Å². The van der Waals surface area contributed by atoms with Crippen LogP contribution in [0.2, 0.25) is 0 Å². The number of anilines is 1. The molecular weight excluding hydrogens is 264 g/mol. The monoisotopic (exact) mass is 286 g/mol. The molecule has 0 aliphatic heterocycles. The van der Waals surface area contributed by atoms with E-state index in [0.29, 0.717) is 6.54 Å². The maximum atomic E-state index is 5.93. The minimum atomic E-state index is 0.0194. The van der Waals surface area contributed by atoms with Crippen LogP contribution in [0.15, 0.2) is 42.5 Å². The number of nitrogens with two attached hydrogens (primary N) is 1. The number of ether oxygens (including phenoxy) is 2. The van der Waals surface area contributed by atoms with Crippen molar-refractivity contribution in [1.29, 1.82) is 0 Å². The van der Waals surface area contributed by atoms with Gasteiger partial charge in [0.1, 0.15) is 11.5 Å². The lowest BCUT2D eigenvalue weighted by Gasteiger charge is -2.21. The standard InChI is InChI=1S/C17H22N2O2/c1-12-10-13(8-9-16(12)20-2)15(11-18)19-14-6-4-5-7-17(14)21-3/h4-10,15,19H,11,18H2,1-3H3. The fourth-order valence-electron chi connectivity index (χ4n) is 2.35. The lowest BCUT2D eigenvalue weighted by molar-refractivity contribution is 0.411. The van der Waals surface area contributed by atoms with Gasteiger partial charge in [-0.15, -0.1) is 0 Å². The number of aryl methyl sites for hydroxylation is 1. The zero-order valence-electron chi connectivity index (χ0n) is 12.7. The van der Waals surface area contributed by atoms with E-state index in [1.807, 2.05) is 43.3 Å². The summed E-state index contributed by atoms with van der Waals surface area (Å²) in [7, 11) is 3.34. The first kappa shape index (κ1) is 15.2. The van der Waals surface area contributed by atoms with Gasteiger partial charge in [-0.25, -0.2) is 0 Å². The average molecular weight is 286 g/mol. The molecule has 1 atom stereocenters. The number of benzene rings is 2. The van der Waals surface area contributed by atoms with E-state index in [-0.39, 0.29) is 6.04 Å². The number of hydrogen-bond donors (Lipinski definition) is 2. The Kier molecular flexibility index (Phi) is 5.06. The van der Waals surface area contributed by atoms with Crippen LogP contribution >= 0.6 is 0 Å². The Morgan fingerprint density at radius 3 is 2.38 bits per heavy atom. The van der Waals surface area contributed by atoms with E-state index >= 15 is 0 Å². The molecule has 0 aromatic heterocycles. The molecule has 112 valence electrons. The Labute approximate surface area is 125 Å². The van der Waals surface area contributed by atoms with Crippen LogP contribution in [-0.2, 0) is 0 Å². The third kappa shape index (κ3) is 3.47. The lowest BCUT2D eigenvalue weighted by atomic mass is 10.0. The predicted molar refractivity (Wildman–Crippen MR) is 86.1 cm³/mol. The molecule has 21 heavy (non-hydrogen) atoms. The summed E-state index contributed by atoms with van der Waals surface area (Å²) in [5, 5.41) is 3.44. The van der Waals surface area contributed by atoms with E-state index in [4.69, 9.17) is 15.2 Å². The van der Waals surface area contributed by atoms with Gasteiger partial charge < -0.3 is 20.5 Å². The number of para-hydroxylation sites is 2. The quantitative estimate of drug-likeness (QED) is 0.856. The van der Waals surface area contributed by atoms with Crippen LogP contribution in [-0.4, -0.2) is 20.8 Å². The van der Waals surface area contributed by atoms with Crippen LogP contribution < -0.4 is 20.5 Å². The molecule has 1 unspecified atom stereocenters. The van der Waals surface area contributed by atoms with E-state index < -0.39 is 0 Å². The summed E-state index contributed by atoms with van der Waals surface area (Å²) >= 11 is 0. The molecule has 0 bridgehead atoms. The van der Waals surface area contributed by atoms with E-state index in [0.717, 1.165) is 28.3 Å². The van der Waals surface area contributed by atoms with Crippen LogP contribution in [0.4, 0.5) is 5.69 Å². The first-order valence-corrected chi connectivity index (χ1v) is 6.93. The maximum absolute atomic E-state index is 5.93. The highest BCUT2D eigenvalue weighted by atomic mass is 16.5.